The van der Waals surface area contributed by atoms with E-state index in [1.165, 1.54) is 19.3 Å². The molecule has 1 saturated heterocycles. The van der Waals surface area contributed by atoms with Crippen molar-refractivity contribution in [3.63, 3.8) is 0 Å². The van der Waals surface area contributed by atoms with E-state index in [-0.39, 0.29) is 37.4 Å². The number of carbonyl (C=O) groups excluding carboxylic acids is 2. The molecule has 1 rings (SSSR count). The van der Waals surface area contributed by atoms with Crippen LogP contribution in [0, 0.1) is 11.8 Å². The largest absolute Gasteiger partial charge is 0.481 e. The Balaban J connectivity index is 2.92. The fourth-order valence-electron chi connectivity index (χ4n) is 6.44. The molecule has 4 unspecified atom stereocenters. The Morgan fingerprint density at radius 2 is 1.21 bits per heavy atom. The van der Waals surface area contributed by atoms with Gasteiger partial charge in [0.05, 0.1) is 24.5 Å². The third-order valence-electron chi connectivity index (χ3n) is 9.36. The molecule has 8 nitrogen and oxygen atoms in total. The molecule has 1 aliphatic heterocycles. The first-order valence-electron chi connectivity index (χ1n) is 19.4. The van der Waals surface area contributed by atoms with Gasteiger partial charge in [-0.2, -0.15) is 0 Å². The Kier molecular flexibility index (Phi) is 26.7. The first-order valence-corrected chi connectivity index (χ1v) is 19.4. The van der Waals surface area contributed by atoms with Crippen LogP contribution in [0.3, 0.4) is 0 Å². The molecular weight excluding hydrogens is 608 g/mol. The van der Waals surface area contributed by atoms with Crippen LogP contribution in [0.25, 0.3) is 0 Å². The second-order valence-electron chi connectivity index (χ2n) is 13.7. The Bertz CT molecular complexity index is 926. The maximum Gasteiger partial charge on any atom is 0.317 e. The summed E-state index contributed by atoms with van der Waals surface area (Å²) < 4.78 is 11.9. The Morgan fingerprint density at radius 1 is 0.667 bits per heavy atom. The SMILES string of the molecule is CCCCC=CC(CCC(CCCCCCCC(=O)O)OC(CCC=CCCCCC)CCCCCCCC(=O)O)C1CC(=O)OC1=O. The molecule has 0 spiro atoms. The Labute approximate surface area is 291 Å². The lowest BCUT2D eigenvalue weighted by atomic mass is 9.85. The predicted molar refractivity (Wildman–Crippen MR) is 192 cm³/mol. The smallest absolute Gasteiger partial charge is 0.317 e. The minimum atomic E-state index is -0.739. The number of esters is 2. The van der Waals surface area contributed by atoms with Gasteiger partial charge < -0.3 is 19.7 Å². The molecule has 276 valence electrons. The van der Waals surface area contributed by atoms with Crippen LogP contribution in [-0.2, 0) is 28.7 Å². The number of ether oxygens (including phenoxy) is 2. The zero-order valence-electron chi connectivity index (χ0n) is 30.3. The molecule has 0 bridgehead atoms. The molecule has 0 aromatic heterocycles. The normalized spacial score (nSPS) is 16.9. The summed E-state index contributed by atoms with van der Waals surface area (Å²) in [5.41, 5.74) is 0. The van der Waals surface area contributed by atoms with Crippen molar-refractivity contribution in [3.05, 3.63) is 24.3 Å². The first kappa shape index (κ1) is 43.5. The molecule has 0 aromatic rings. The minimum absolute atomic E-state index is 0.0396. The summed E-state index contributed by atoms with van der Waals surface area (Å²) in [5.74, 6) is -2.79. The number of carboxylic acid groups (broad SMARTS) is 2. The predicted octanol–water partition coefficient (Wildman–Crippen LogP) is 10.5. The van der Waals surface area contributed by atoms with Gasteiger partial charge in [0.2, 0.25) is 0 Å². The van der Waals surface area contributed by atoms with Crippen molar-refractivity contribution in [2.75, 3.05) is 0 Å². The van der Waals surface area contributed by atoms with Gasteiger partial charge >= 0.3 is 23.9 Å². The van der Waals surface area contributed by atoms with E-state index < -0.39 is 29.8 Å². The van der Waals surface area contributed by atoms with Crippen LogP contribution in [0.15, 0.2) is 24.3 Å². The summed E-state index contributed by atoms with van der Waals surface area (Å²) in [4.78, 5) is 46.2. The van der Waals surface area contributed by atoms with Crippen molar-refractivity contribution in [2.24, 2.45) is 11.8 Å². The van der Waals surface area contributed by atoms with Crippen molar-refractivity contribution >= 4 is 23.9 Å². The average molecular weight is 677 g/mol. The molecule has 1 fully saturated rings. The highest BCUT2D eigenvalue weighted by Crippen LogP contribution is 2.31. The second kappa shape index (κ2) is 29.4. The average Bonchev–Trinajstić information content (AvgIpc) is 3.39. The van der Waals surface area contributed by atoms with Gasteiger partial charge in [-0.25, -0.2) is 0 Å². The van der Waals surface area contributed by atoms with Gasteiger partial charge in [-0.3, -0.25) is 19.2 Å². The van der Waals surface area contributed by atoms with Crippen molar-refractivity contribution in [1.82, 2.24) is 0 Å². The van der Waals surface area contributed by atoms with E-state index in [4.69, 9.17) is 19.7 Å². The minimum Gasteiger partial charge on any atom is -0.481 e. The van der Waals surface area contributed by atoms with Gasteiger partial charge in [0.25, 0.3) is 0 Å². The summed E-state index contributed by atoms with van der Waals surface area (Å²) in [6, 6.07) is 0. The number of rotatable bonds is 33. The maximum absolute atomic E-state index is 12.6. The molecule has 48 heavy (non-hydrogen) atoms. The molecule has 0 aliphatic carbocycles. The number of carbonyl (C=O) groups is 4. The highest BCUT2D eigenvalue weighted by molar-refractivity contribution is 5.94. The third kappa shape index (κ3) is 23.8. The molecule has 0 radical (unpaired) electrons. The van der Waals surface area contributed by atoms with Crippen LogP contribution in [0.2, 0.25) is 0 Å². The number of allylic oxidation sites excluding steroid dienone is 4. The van der Waals surface area contributed by atoms with Gasteiger partial charge in [-0.1, -0.05) is 115 Å². The molecule has 1 aliphatic rings. The molecule has 8 heteroatoms. The third-order valence-corrected chi connectivity index (χ3v) is 9.36. The van der Waals surface area contributed by atoms with Crippen LogP contribution in [0.1, 0.15) is 181 Å². The van der Waals surface area contributed by atoms with Gasteiger partial charge in [-0.15, -0.1) is 0 Å². The number of hydrogen-bond acceptors (Lipinski definition) is 6. The quantitative estimate of drug-likeness (QED) is 0.0304. The summed E-state index contributed by atoms with van der Waals surface area (Å²) in [7, 11) is 0. The summed E-state index contributed by atoms with van der Waals surface area (Å²) in [5, 5.41) is 17.8. The van der Waals surface area contributed by atoms with Crippen molar-refractivity contribution in [2.45, 2.75) is 193 Å². The standard InChI is InChI=1S/C40H68O8/c1-3-5-7-9-10-13-19-25-34(26-20-14-11-16-22-28-37(41)42)47-35(27-21-15-12-17-23-29-38(43)44)31-30-33(24-18-8-6-4-2)36-32-39(45)48-40(36)46/h10,13,18,24,33-36H,3-9,11-12,14-17,19-23,25-32H2,1-2H3,(H,41,42)(H,43,44). The lowest BCUT2D eigenvalue weighted by Gasteiger charge is -2.27. The van der Waals surface area contributed by atoms with Gasteiger partial charge in [0.15, 0.2) is 0 Å². The van der Waals surface area contributed by atoms with E-state index in [9.17, 15) is 19.2 Å². The van der Waals surface area contributed by atoms with Crippen molar-refractivity contribution in [3.8, 4) is 0 Å². The molecule has 1 heterocycles. The van der Waals surface area contributed by atoms with Crippen LogP contribution >= 0.6 is 0 Å². The van der Waals surface area contributed by atoms with Crippen molar-refractivity contribution in [1.29, 1.82) is 0 Å². The highest BCUT2D eigenvalue weighted by Gasteiger charge is 2.38. The molecular formula is C40H68O8. The van der Waals surface area contributed by atoms with Crippen LogP contribution in [0.5, 0.6) is 0 Å². The summed E-state index contributed by atoms with van der Waals surface area (Å²) in [6.07, 6.45) is 32.5. The summed E-state index contributed by atoms with van der Waals surface area (Å²) >= 11 is 0. The highest BCUT2D eigenvalue weighted by atomic mass is 16.6. The van der Waals surface area contributed by atoms with Gasteiger partial charge in [0, 0.05) is 12.8 Å². The Hall–Kier alpha value is -2.48. The van der Waals surface area contributed by atoms with Crippen LogP contribution < -0.4 is 0 Å². The number of unbranched alkanes of at least 4 members (excludes halogenated alkanes) is 13. The molecule has 4 atom stereocenters. The van der Waals surface area contributed by atoms with Gasteiger partial charge in [0.1, 0.15) is 0 Å². The van der Waals surface area contributed by atoms with E-state index in [1.807, 2.05) is 0 Å². The monoisotopic (exact) mass is 676 g/mol. The lowest BCUT2D eigenvalue weighted by molar-refractivity contribution is -0.153. The number of carboxylic acids is 2. The van der Waals surface area contributed by atoms with Crippen molar-refractivity contribution < 1.29 is 38.9 Å². The van der Waals surface area contributed by atoms with E-state index in [2.05, 4.69) is 38.2 Å². The number of aliphatic carboxylic acids is 2. The lowest BCUT2D eigenvalue weighted by Crippen LogP contribution is -2.25. The van der Waals surface area contributed by atoms with Crippen LogP contribution in [0.4, 0.5) is 0 Å². The first-order chi connectivity index (χ1) is 23.3. The zero-order chi connectivity index (χ0) is 35.2. The molecule has 0 amide bonds. The molecule has 0 saturated carbocycles. The molecule has 0 aromatic carbocycles. The van der Waals surface area contributed by atoms with E-state index in [0.29, 0.717) is 6.42 Å². The fourth-order valence-corrected chi connectivity index (χ4v) is 6.44. The number of hydrogen-bond donors (Lipinski definition) is 2. The topological polar surface area (TPSA) is 127 Å². The van der Waals surface area contributed by atoms with E-state index >= 15 is 0 Å². The van der Waals surface area contributed by atoms with Gasteiger partial charge in [-0.05, 0) is 76.5 Å². The maximum atomic E-state index is 12.6. The Morgan fingerprint density at radius 3 is 1.77 bits per heavy atom. The fraction of sp³-hybridized carbons (Fsp3) is 0.800. The second-order valence-corrected chi connectivity index (χ2v) is 13.7. The number of cyclic esters (lactones) is 2. The van der Waals surface area contributed by atoms with E-state index in [1.54, 1.807) is 0 Å². The van der Waals surface area contributed by atoms with Crippen LogP contribution in [-0.4, -0.2) is 46.3 Å². The van der Waals surface area contributed by atoms with E-state index in [0.717, 1.165) is 122 Å². The summed E-state index contributed by atoms with van der Waals surface area (Å²) in [6.45, 7) is 4.38. The zero-order valence-corrected chi connectivity index (χ0v) is 30.3. The molecule has 2 N–H and O–H groups in total.